The first kappa shape index (κ1) is 19.1. The molecule has 0 saturated heterocycles. The molecular formula is C18H23Cl2NO3. The first-order chi connectivity index (χ1) is 11.2. The number of carbonyl (C=O) groups is 1. The molecule has 0 aliphatic carbocycles. The number of nitrogens with zero attached hydrogens (tertiary/aromatic N) is 1. The lowest BCUT2D eigenvalue weighted by Gasteiger charge is -2.32. The highest BCUT2D eigenvalue weighted by atomic mass is 35.5. The minimum absolute atomic E-state index is 0.302. The SMILES string of the molecule is COCC1=C(c2ccc(Cl)c(Cl)c2)CCN(C(=O)OC(C)(C)C)C1. The van der Waals surface area contributed by atoms with E-state index >= 15 is 0 Å². The molecule has 0 aromatic heterocycles. The van der Waals surface area contributed by atoms with Gasteiger partial charge in [0.25, 0.3) is 0 Å². The van der Waals surface area contributed by atoms with Crippen LogP contribution in [0.3, 0.4) is 0 Å². The van der Waals surface area contributed by atoms with E-state index in [0.717, 1.165) is 23.1 Å². The van der Waals surface area contributed by atoms with E-state index in [1.807, 2.05) is 32.9 Å². The van der Waals surface area contributed by atoms with Gasteiger partial charge in [-0.15, -0.1) is 0 Å². The lowest BCUT2D eigenvalue weighted by atomic mass is 9.94. The van der Waals surface area contributed by atoms with E-state index in [2.05, 4.69) is 0 Å². The molecule has 0 saturated carbocycles. The summed E-state index contributed by atoms with van der Waals surface area (Å²) >= 11 is 12.1. The van der Waals surface area contributed by atoms with Crippen molar-refractivity contribution in [1.29, 1.82) is 0 Å². The Morgan fingerprint density at radius 3 is 2.54 bits per heavy atom. The molecule has 4 nitrogen and oxygen atoms in total. The van der Waals surface area contributed by atoms with Crippen LogP contribution >= 0.6 is 23.2 Å². The Morgan fingerprint density at radius 2 is 1.96 bits per heavy atom. The fourth-order valence-corrected chi connectivity index (χ4v) is 2.95. The van der Waals surface area contributed by atoms with Crippen LogP contribution in [0.15, 0.2) is 23.8 Å². The molecule has 6 heteroatoms. The summed E-state index contributed by atoms with van der Waals surface area (Å²) in [7, 11) is 1.64. The molecule has 0 atom stereocenters. The van der Waals surface area contributed by atoms with Crippen LogP contribution in [0.1, 0.15) is 32.8 Å². The van der Waals surface area contributed by atoms with Crippen LogP contribution in [0.25, 0.3) is 5.57 Å². The molecule has 1 heterocycles. The normalized spacial score (nSPS) is 15.7. The average molecular weight is 372 g/mol. The highest BCUT2D eigenvalue weighted by molar-refractivity contribution is 6.42. The third-order valence-corrected chi connectivity index (χ3v) is 4.42. The highest BCUT2D eigenvalue weighted by Crippen LogP contribution is 2.32. The van der Waals surface area contributed by atoms with Gasteiger partial charge in [0, 0.05) is 20.2 Å². The van der Waals surface area contributed by atoms with Crippen molar-refractivity contribution in [3.63, 3.8) is 0 Å². The molecule has 1 aliphatic rings. The van der Waals surface area contributed by atoms with Crippen LogP contribution in [0, 0.1) is 0 Å². The molecular weight excluding hydrogens is 349 g/mol. The first-order valence-electron chi connectivity index (χ1n) is 7.84. The average Bonchev–Trinajstić information content (AvgIpc) is 2.49. The molecule has 0 fully saturated rings. The topological polar surface area (TPSA) is 38.8 Å². The van der Waals surface area contributed by atoms with Gasteiger partial charge < -0.3 is 14.4 Å². The second-order valence-electron chi connectivity index (χ2n) is 6.80. The minimum atomic E-state index is -0.508. The van der Waals surface area contributed by atoms with Gasteiger partial charge >= 0.3 is 6.09 Å². The van der Waals surface area contributed by atoms with Crippen LogP contribution in [0.5, 0.6) is 0 Å². The van der Waals surface area contributed by atoms with Gasteiger partial charge in [-0.2, -0.15) is 0 Å². The standard InChI is InChI=1S/C18H23Cl2NO3/c1-18(2,3)24-17(22)21-8-7-14(13(10-21)11-23-4)12-5-6-15(19)16(20)9-12/h5-6,9H,7-8,10-11H2,1-4H3. The maximum atomic E-state index is 12.3. The Kier molecular flexibility index (Phi) is 6.18. The smallest absolute Gasteiger partial charge is 0.410 e. The van der Waals surface area contributed by atoms with Gasteiger partial charge in [-0.05, 0) is 56.0 Å². The largest absolute Gasteiger partial charge is 0.444 e. The number of methoxy groups -OCH3 is 1. The fraction of sp³-hybridized carbons (Fsp3) is 0.500. The molecule has 0 bridgehead atoms. The predicted octanol–water partition coefficient (Wildman–Crippen LogP) is 5.03. The van der Waals surface area contributed by atoms with Gasteiger partial charge in [0.15, 0.2) is 0 Å². The number of hydrogen-bond donors (Lipinski definition) is 0. The van der Waals surface area contributed by atoms with E-state index < -0.39 is 5.60 Å². The fourth-order valence-electron chi connectivity index (χ4n) is 2.65. The van der Waals surface area contributed by atoms with Crippen LogP contribution in [-0.4, -0.2) is 43.4 Å². The Balaban J connectivity index is 2.25. The first-order valence-corrected chi connectivity index (χ1v) is 8.60. The Bertz CT molecular complexity index is 650. The molecule has 2 rings (SSSR count). The number of benzene rings is 1. The number of halogens is 2. The van der Waals surface area contributed by atoms with Gasteiger partial charge in [-0.1, -0.05) is 29.3 Å². The van der Waals surface area contributed by atoms with Crippen molar-refractivity contribution in [3.05, 3.63) is 39.4 Å². The van der Waals surface area contributed by atoms with E-state index in [1.165, 1.54) is 0 Å². The van der Waals surface area contributed by atoms with Crippen molar-refractivity contribution in [2.45, 2.75) is 32.8 Å². The molecule has 1 aromatic rings. The van der Waals surface area contributed by atoms with Crippen LogP contribution in [0.2, 0.25) is 10.0 Å². The lowest BCUT2D eigenvalue weighted by molar-refractivity contribution is 0.0258. The molecule has 1 aromatic carbocycles. The van der Waals surface area contributed by atoms with Gasteiger partial charge in [-0.25, -0.2) is 4.79 Å². The Labute approximate surface area is 153 Å². The third kappa shape index (κ3) is 4.88. The quantitative estimate of drug-likeness (QED) is 0.747. The zero-order chi connectivity index (χ0) is 17.9. The zero-order valence-corrected chi connectivity index (χ0v) is 16.0. The van der Waals surface area contributed by atoms with Crippen LogP contribution in [-0.2, 0) is 9.47 Å². The maximum absolute atomic E-state index is 12.3. The number of hydrogen-bond acceptors (Lipinski definition) is 3. The number of amides is 1. The summed E-state index contributed by atoms with van der Waals surface area (Å²) in [5, 5.41) is 1.05. The van der Waals surface area contributed by atoms with Crippen molar-refractivity contribution >= 4 is 34.9 Å². The van der Waals surface area contributed by atoms with Crippen molar-refractivity contribution < 1.29 is 14.3 Å². The van der Waals surface area contributed by atoms with Gasteiger partial charge in [-0.3, -0.25) is 0 Å². The number of rotatable bonds is 3. The summed E-state index contributed by atoms with van der Waals surface area (Å²) in [6.45, 7) is 7.12. The molecule has 132 valence electrons. The second kappa shape index (κ2) is 7.77. The molecule has 0 spiro atoms. The Morgan fingerprint density at radius 1 is 1.25 bits per heavy atom. The predicted molar refractivity (Wildman–Crippen MR) is 97.7 cm³/mol. The highest BCUT2D eigenvalue weighted by Gasteiger charge is 2.27. The maximum Gasteiger partial charge on any atom is 0.410 e. The minimum Gasteiger partial charge on any atom is -0.444 e. The van der Waals surface area contributed by atoms with Crippen LogP contribution in [0.4, 0.5) is 4.79 Å². The van der Waals surface area contributed by atoms with Gasteiger partial charge in [0.2, 0.25) is 0 Å². The van der Waals surface area contributed by atoms with E-state index in [4.69, 9.17) is 32.7 Å². The Hall–Kier alpha value is -1.23. The number of carbonyl (C=O) groups excluding carboxylic acids is 1. The molecule has 0 radical (unpaired) electrons. The van der Waals surface area contributed by atoms with Gasteiger partial charge in [0.1, 0.15) is 5.60 Å². The third-order valence-electron chi connectivity index (χ3n) is 3.68. The molecule has 1 aliphatic heterocycles. The lowest BCUT2D eigenvalue weighted by Crippen LogP contribution is -2.41. The van der Waals surface area contributed by atoms with Crippen molar-refractivity contribution in [2.24, 2.45) is 0 Å². The van der Waals surface area contributed by atoms with E-state index in [1.54, 1.807) is 18.1 Å². The van der Waals surface area contributed by atoms with Crippen molar-refractivity contribution in [3.8, 4) is 0 Å². The molecule has 0 N–H and O–H groups in total. The van der Waals surface area contributed by atoms with Crippen LogP contribution < -0.4 is 0 Å². The van der Waals surface area contributed by atoms with E-state index in [-0.39, 0.29) is 6.09 Å². The summed E-state index contributed by atoms with van der Waals surface area (Å²) in [6.07, 6.45) is 0.417. The summed E-state index contributed by atoms with van der Waals surface area (Å²) in [5.74, 6) is 0. The monoisotopic (exact) mass is 371 g/mol. The van der Waals surface area contributed by atoms with Crippen molar-refractivity contribution in [1.82, 2.24) is 4.90 Å². The molecule has 1 amide bonds. The summed E-state index contributed by atoms with van der Waals surface area (Å²) in [5.41, 5.74) is 2.70. The van der Waals surface area contributed by atoms with Gasteiger partial charge in [0.05, 0.1) is 16.7 Å². The van der Waals surface area contributed by atoms with E-state index in [0.29, 0.717) is 29.7 Å². The summed E-state index contributed by atoms with van der Waals surface area (Å²) < 4.78 is 10.8. The van der Waals surface area contributed by atoms with E-state index in [9.17, 15) is 4.79 Å². The summed E-state index contributed by atoms with van der Waals surface area (Å²) in [4.78, 5) is 14.0. The summed E-state index contributed by atoms with van der Waals surface area (Å²) in [6, 6.07) is 5.59. The van der Waals surface area contributed by atoms with Crippen molar-refractivity contribution in [2.75, 3.05) is 26.8 Å². The second-order valence-corrected chi connectivity index (χ2v) is 7.61. The molecule has 0 unspecified atom stereocenters. The molecule has 24 heavy (non-hydrogen) atoms. The zero-order valence-electron chi connectivity index (χ0n) is 14.5. The number of ether oxygens (including phenoxy) is 2.